The average Bonchev–Trinajstić information content (AvgIpc) is 3.49. The summed E-state index contributed by atoms with van der Waals surface area (Å²) < 4.78 is 3.97. The monoisotopic (exact) mass is 511 g/mol. The Morgan fingerprint density at radius 2 is 1.74 bits per heavy atom. The number of nitrogens with zero attached hydrogens (tertiary/aromatic N) is 2. The van der Waals surface area contributed by atoms with Crippen LogP contribution in [0.5, 0.6) is 0 Å². The lowest BCUT2D eigenvalue weighted by atomic mass is 10.0. The summed E-state index contributed by atoms with van der Waals surface area (Å²) in [5.74, 6) is -1.62. The predicted molar refractivity (Wildman–Crippen MR) is 136 cm³/mol. The van der Waals surface area contributed by atoms with E-state index >= 15 is 0 Å². The van der Waals surface area contributed by atoms with Crippen LogP contribution < -0.4 is 16.8 Å². The van der Waals surface area contributed by atoms with Gasteiger partial charge in [-0.3, -0.25) is 14.4 Å². The molecule has 1 fully saturated rings. The Balaban J connectivity index is 1.78. The summed E-state index contributed by atoms with van der Waals surface area (Å²) in [5, 5.41) is 3.64. The average molecular weight is 512 g/mol. The van der Waals surface area contributed by atoms with Gasteiger partial charge in [-0.25, -0.2) is 0 Å². The van der Waals surface area contributed by atoms with E-state index in [4.69, 9.17) is 23.1 Å². The molecule has 1 saturated carbocycles. The Bertz CT molecular complexity index is 1210. The Morgan fingerprint density at radius 3 is 2.34 bits per heavy atom. The van der Waals surface area contributed by atoms with Crippen molar-refractivity contribution < 1.29 is 14.4 Å². The Hall–Kier alpha value is -3.43. The molecule has 8 nitrogen and oxygen atoms in total. The van der Waals surface area contributed by atoms with Crippen LogP contribution in [0.15, 0.2) is 54.6 Å². The summed E-state index contributed by atoms with van der Waals surface area (Å²) >= 11 is 6.90. The van der Waals surface area contributed by atoms with Crippen molar-refractivity contribution >= 4 is 46.5 Å². The van der Waals surface area contributed by atoms with E-state index in [0.717, 1.165) is 42.8 Å². The molecule has 1 aliphatic carbocycles. The van der Waals surface area contributed by atoms with E-state index in [0.29, 0.717) is 10.6 Å². The van der Waals surface area contributed by atoms with E-state index in [1.54, 1.807) is 24.3 Å². The van der Waals surface area contributed by atoms with Crippen molar-refractivity contribution in [3.8, 4) is 0 Å². The zero-order valence-electron chi connectivity index (χ0n) is 18.9. The van der Waals surface area contributed by atoms with Gasteiger partial charge in [0.1, 0.15) is 10.9 Å². The highest BCUT2D eigenvalue weighted by atomic mass is 35.5. The number of hydrogen-bond donors (Lipinski definition) is 3. The molecule has 2 aromatic carbocycles. The van der Waals surface area contributed by atoms with Crippen LogP contribution in [0.3, 0.4) is 0 Å². The molecule has 35 heavy (non-hydrogen) atoms. The number of nitrogens with two attached hydrogens (primary N) is 2. The molecule has 1 aliphatic rings. The highest BCUT2D eigenvalue weighted by Gasteiger charge is 2.36. The fourth-order valence-corrected chi connectivity index (χ4v) is 5.18. The third-order valence-electron chi connectivity index (χ3n) is 6.06. The molecule has 182 valence electrons. The van der Waals surface area contributed by atoms with Crippen LogP contribution >= 0.6 is 23.1 Å². The van der Waals surface area contributed by atoms with E-state index < -0.39 is 17.9 Å². The van der Waals surface area contributed by atoms with Gasteiger partial charge in [-0.1, -0.05) is 66.9 Å². The molecule has 0 saturated heterocycles. The largest absolute Gasteiger partial charge is 0.395 e. The van der Waals surface area contributed by atoms with Gasteiger partial charge in [0.05, 0.1) is 5.69 Å². The van der Waals surface area contributed by atoms with E-state index in [2.05, 4.69) is 9.69 Å². The summed E-state index contributed by atoms with van der Waals surface area (Å²) in [6, 6.07) is 15.3. The van der Waals surface area contributed by atoms with E-state index in [1.807, 2.05) is 30.3 Å². The summed E-state index contributed by atoms with van der Waals surface area (Å²) in [6.07, 6.45) is 3.90. The van der Waals surface area contributed by atoms with E-state index in [-0.39, 0.29) is 34.8 Å². The predicted octanol–water partition coefficient (Wildman–Crippen LogP) is 3.92. The van der Waals surface area contributed by atoms with Gasteiger partial charge in [-0.05, 0) is 47.6 Å². The second-order valence-corrected chi connectivity index (χ2v) is 9.71. The number of rotatable bonds is 8. The van der Waals surface area contributed by atoms with Crippen LogP contribution in [0.2, 0.25) is 5.02 Å². The maximum atomic E-state index is 13.9. The van der Waals surface area contributed by atoms with Gasteiger partial charge in [0, 0.05) is 17.6 Å². The molecule has 1 atom stereocenters. The summed E-state index contributed by atoms with van der Waals surface area (Å²) in [6.45, 7) is 0.133. The van der Waals surface area contributed by atoms with Crippen LogP contribution in [-0.2, 0) is 11.3 Å². The second kappa shape index (κ2) is 10.9. The molecule has 10 heteroatoms. The van der Waals surface area contributed by atoms with Crippen LogP contribution in [0, 0.1) is 0 Å². The first-order chi connectivity index (χ1) is 16.8. The van der Waals surface area contributed by atoms with Gasteiger partial charge in [0.15, 0.2) is 5.69 Å². The standard InChI is InChI=1S/C25H26ClN5O3S/c26-17-12-10-16(11-13-17)21(24(33)29-18-8-4-5-9-18)31(14-15-6-2-1-3-7-15)25(34)22-19(27)20(23(28)32)30-35-22/h1-3,6-7,10-13,18,21H,4-5,8-9,14,27H2,(H2,28,32)(H,29,33)/t21-/m0/s1. The molecule has 5 N–H and O–H groups in total. The third-order valence-corrected chi connectivity index (χ3v) is 7.16. The van der Waals surface area contributed by atoms with Crippen LogP contribution in [0.25, 0.3) is 0 Å². The lowest BCUT2D eigenvalue weighted by Gasteiger charge is -2.32. The number of amides is 3. The van der Waals surface area contributed by atoms with Crippen LogP contribution in [-0.4, -0.2) is 33.0 Å². The molecule has 4 rings (SSSR count). The lowest BCUT2D eigenvalue weighted by Crippen LogP contribution is -2.45. The van der Waals surface area contributed by atoms with Gasteiger partial charge in [-0.15, -0.1) is 0 Å². The molecule has 0 bridgehead atoms. The zero-order valence-corrected chi connectivity index (χ0v) is 20.5. The molecule has 0 spiro atoms. The number of primary amides is 1. The minimum absolute atomic E-state index is 0.0564. The minimum atomic E-state index is -0.959. The molecular weight excluding hydrogens is 486 g/mol. The quantitative estimate of drug-likeness (QED) is 0.421. The van der Waals surface area contributed by atoms with Crippen molar-refractivity contribution in [3.63, 3.8) is 0 Å². The Labute approximate surface area is 212 Å². The first-order valence-electron chi connectivity index (χ1n) is 11.3. The number of benzene rings is 2. The number of carbonyl (C=O) groups is 3. The smallest absolute Gasteiger partial charge is 0.270 e. The summed E-state index contributed by atoms with van der Waals surface area (Å²) in [7, 11) is 0. The number of anilines is 1. The maximum absolute atomic E-state index is 13.9. The fraction of sp³-hybridized carbons (Fsp3) is 0.280. The van der Waals surface area contributed by atoms with Gasteiger partial charge in [-0.2, -0.15) is 4.37 Å². The van der Waals surface area contributed by atoms with Gasteiger partial charge in [0.25, 0.3) is 11.8 Å². The number of halogens is 1. The van der Waals surface area contributed by atoms with Crippen molar-refractivity contribution in [1.29, 1.82) is 0 Å². The zero-order chi connectivity index (χ0) is 24.9. The van der Waals surface area contributed by atoms with Crippen molar-refractivity contribution in [2.24, 2.45) is 5.73 Å². The second-order valence-electron chi connectivity index (χ2n) is 8.50. The maximum Gasteiger partial charge on any atom is 0.270 e. The number of nitrogens with one attached hydrogen (secondary N) is 1. The highest BCUT2D eigenvalue weighted by molar-refractivity contribution is 7.09. The first kappa shape index (κ1) is 24.7. The van der Waals surface area contributed by atoms with E-state index in [9.17, 15) is 14.4 Å². The van der Waals surface area contributed by atoms with Gasteiger partial charge in [0.2, 0.25) is 5.91 Å². The summed E-state index contributed by atoms with van der Waals surface area (Å²) in [5.41, 5.74) is 12.6. The number of carbonyl (C=O) groups excluding carboxylic acids is 3. The molecule has 3 amide bonds. The normalized spacial score (nSPS) is 14.4. The minimum Gasteiger partial charge on any atom is -0.395 e. The molecular formula is C25H26ClN5O3S. The fourth-order valence-electron chi connectivity index (χ4n) is 4.29. The molecule has 0 unspecified atom stereocenters. The molecule has 0 radical (unpaired) electrons. The number of aromatic nitrogens is 1. The Kier molecular flexibility index (Phi) is 7.67. The highest BCUT2D eigenvalue weighted by Crippen LogP contribution is 2.31. The summed E-state index contributed by atoms with van der Waals surface area (Å²) in [4.78, 5) is 40.8. The lowest BCUT2D eigenvalue weighted by molar-refractivity contribution is -0.126. The number of hydrogen-bond acceptors (Lipinski definition) is 6. The van der Waals surface area contributed by atoms with Crippen LogP contribution in [0.1, 0.15) is 63.0 Å². The topological polar surface area (TPSA) is 131 Å². The number of nitrogen functional groups attached to an aromatic ring is 1. The van der Waals surface area contributed by atoms with Crippen molar-refractivity contribution in [3.05, 3.63) is 81.3 Å². The third kappa shape index (κ3) is 5.63. The first-order valence-corrected chi connectivity index (χ1v) is 12.5. The van der Waals surface area contributed by atoms with Crippen molar-refractivity contribution in [1.82, 2.24) is 14.6 Å². The van der Waals surface area contributed by atoms with Gasteiger partial charge >= 0.3 is 0 Å². The van der Waals surface area contributed by atoms with Gasteiger partial charge < -0.3 is 21.7 Å². The molecule has 1 heterocycles. The van der Waals surface area contributed by atoms with Crippen molar-refractivity contribution in [2.75, 3.05) is 5.73 Å². The molecule has 1 aromatic heterocycles. The molecule has 0 aliphatic heterocycles. The SMILES string of the molecule is NC(=O)c1nsc(C(=O)N(Cc2ccccc2)[C@H](C(=O)NC2CCCC2)c2ccc(Cl)cc2)c1N. The van der Waals surface area contributed by atoms with Crippen molar-refractivity contribution in [2.45, 2.75) is 44.3 Å². The molecule has 3 aromatic rings. The Morgan fingerprint density at radius 1 is 1.09 bits per heavy atom. The van der Waals surface area contributed by atoms with E-state index in [1.165, 1.54) is 4.90 Å². The van der Waals surface area contributed by atoms with Crippen LogP contribution in [0.4, 0.5) is 5.69 Å².